The molecule has 1 fully saturated rings. The van der Waals surface area contributed by atoms with Crippen molar-refractivity contribution in [2.75, 3.05) is 38.2 Å². The molecule has 0 spiro atoms. The van der Waals surface area contributed by atoms with Gasteiger partial charge in [0.15, 0.2) is 5.76 Å². The van der Waals surface area contributed by atoms with Crippen molar-refractivity contribution in [1.29, 1.82) is 0 Å². The predicted molar refractivity (Wildman–Crippen MR) is 134 cm³/mol. The minimum Gasteiger partial charge on any atom is -0.434 e. The molecule has 0 bridgehead atoms. The van der Waals surface area contributed by atoms with Gasteiger partial charge in [-0.2, -0.15) is 0 Å². The largest absolute Gasteiger partial charge is 0.434 e. The van der Waals surface area contributed by atoms with Gasteiger partial charge in [-0.15, -0.1) is 0 Å². The Kier molecular flexibility index (Phi) is 6.97. The van der Waals surface area contributed by atoms with Crippen molar-refractivity contribution in [2.24, 2.45) is 0 Å². The van der Waals surface area contributed by atoms with E-state index in [1.807, 2.05) is 30.3 Å². The quantitative estimate of drug-likeness (QED) is 0.415. The molecule has 4 aromatic rings. The van der Waals surface area contributed by atoms with Crippen LogP contribution in [0.2, 0.25) is 0 Å². The second-order valence-corrected chi connectivity index (χ2v) is 8.37. The number of nitrogens with zero attached hydrogens (tertiary/aromatic N) is 5. The molecule has 0 aromatic carbocycles. The molecule has 1 saturated heterocycles. The highest BCUT2D eigenvalue weighted by Gasteiger charge is 2.13. The Hall–Kier alpha value is -3.82. The number of pyridine rings is 3. The third-order valence-electron chi connectivity index (χ3n) is 5.99. The number of hydrogen-bond acceptors (Lipinski definition) is 8. The molecule has 1 aliphatic rings. The first-order valence-electron chi connectivity index (χ1n) is 11.8. The first-order chi connectivity index (χ1) is 17.2. The molecule has 0 amide bonds. The fraction of sp³-hybridized carbons (Fsp3) is 0.308. The molecule has 9 nitrogen and oxygen atoms in total. The first-order valence-corrected chi connectivity index (χ1v) is 11.8. The van der Waals surface area contributed by atoms with E-state index in [-0.39, 0.29) is 5.56 Å². The van der Waals surface area contributed by atoms with Gasteiger partial charge in [0, 0.05) is 44.6 Å². The molecule has 5 rings (SSSR count). The van der Waals surface area contributed by atoms with Crippen molar-refractivity contribution in [1.82, 2.24) is 24.4 Å². The van der Waals surface area contributed by atoms with Crippen molar-refractivity contribution in [2.45, 2.75) is 19.9 Å². The summed E-state index contributed by atoms with van der Waals surface area (Å²) in [5, 5.41) is 3.25. The van der Waals surface area contributed by atoms with Gasteiger partial charge in [-0.25, -0.2) is 15.0 Å². The normalized spacial score (nSPS) is 14.2. The number of morpholine rings is 1. The lowest BCUT2D eigenvalue weighted by atomic mass is 10.2. The Bertz CT molecular complexity index is 1340. The molecule has 0 aliphatic carbocycles. The SMILES string of the molecule is CCc1ccnc(Nc2cccc(-c3cnc(-c4ccc(=O)n(CCN5CCOCC5)c4)o3)n2)c1. The topological polar surface area (TPSA) is 98.3 Å². The number of rotatable bonds is 8. The van der Waals surface area contributed by atoms with Crippen molar-refractivity contribution in [3.05, 3.63) is 77.0 Å². The van der Waals surface area contributed by atoms with Gasteiger partial charge < -0.3 is 19.0 Å². The zero-order valence-electron chi connectivity index (χ0n) is 19.7. The summed E-state index contributed by atoms with van der Waals surface area (Å²) < 4.78 is 13.1. The van der Waals surface area contributed by atoms with Crippen LogP contribution in [0.1, 0.15) is 12.5 Å². The molecule has 0 radical (unpaired) electrons. The summed E-state index contributed by atoms with van der Waals surface area (Å²) in [5.74, 6) is 2.40. The highest BCUT2D eigenvalue weighted by molar-refractivity contribution is 5.61. The summed E-state index contributed by atoms with van der Waals surface area (Å²) in [6, 6.07) is 13.0. The Morgan fingerprint density at radius 3 is 2.77 bits per heavy atom. The lowest BCUT2D eigenvalue weighted by molar-refractivity contribution is 0.0363. The monoisotopic (exact) mass is 472 g/mol. The second-order valence-electron chi connectivity index (χ2n) is 8.37. The van der Waals surface area contributed by atoms with E-state index in [1.54, 1.807) is 35.3 Å². The Morgan fingerprint density at radius 2 is 1.91 bits per heavy atom. The molecule has 0 unspecified atom stereocenters. The van der Waals surface area contributed by atoms with Crippen LogP contribution in [0.25, 0.3) is 22.9 Å². The van der Waals surface area contributed by atoms with Gasteiger partial charge in [-0.05, 0) is 42.3 Å². The predicted octanol–water partition coefficient (Wildman–Crippen LogP) is 3.60. The molecule has 0 saturated carbocycles. The van der Waals surface area contributed by atoms with Crippen molar-refractivity contribution >= 4 is 11.6 Å². The molecule has 9 heteroatoms. The molecule has 0 atom stereocenters. The maximum absolute atomic E-state index is 12.4. The van der Waals surface area contributed by atoms with E-state index >= 15 is 0 Å². The fourth-order valence-corrected chi connectivity index (χ4v) is 3.97. The van der Waals surface area contributed by atoms with Crippen LogP contribution in [0.4, 0.5) is 11.6 Å². The molecule has 4 aromatic heterocycles. The number of oxazole rings is 1. The van der Waals surface area contributed by atoms with Crippen molar-refractivity contribution in [3.8, 4) is 22.9 Å². The zero-order valence-corrected chi connectivity index (χ0v) is 19.7. The van der Waals surface area contributed by atoms with Crippen LogP contribution in [0, 0.1) is 0 Å². The molecular formula is C26H28N6O3. The van der Waals surface area contributed by atoms with Crippen LogP contribution in [-0.4, -0.2) is 57.3 Å². The van der Waals surface area contributed by atoms with E-state index in [9.17, 15) is 4.79 Å². The number of aryl methyl sites for hydroxylation is 1. The number of anilines is 2. The molecule has 35 heavy (non-hydrogen) atoms. The van der Waals surface area contributed by atoms with E-state index < -0.39 is 0 Å². The average molecular weight is 473 g/mol. The van der Waals surface area contributed by atoms with Crippen LogP contribution in [-0.2, 0) is 17.7 Å². The summed E-state index contributed by atoms with van der Waals surface area (Å²) in [4.78, 5) is 28.1. The van der Waals surface area contributed by atoms with Crippen LogP contribution in [0.5, 0.6) is 0 Å². The third-order valence-corrected chi connectivity index (χ3v) is 5.99. The standard InChI is InChI=1S/C26H28N6O3/c1-2-19-8-9-27-24(16-19)30-23-5-3-4-21(29-23)22-17-28-26(35-22)20-6-7-25(33)32(18-20)11-10-31-12-14-34-15-13-31/h3-9,16-18H,2,10-15H2,1H3,(H,27,29,30). The highest BCUT2D eigenvalue weighted by atomic mass is 16.5. The molecule has 5 heterocycles. The van der Waals surface area contributed by atoms with Crippen LogP contribution < -0.4 is 10.9 Å². The third kappa shape index (κ3) is 5.64. The van der Waals surface area contributed by atoms with E-state index in [1.165, 1.54) is 5.56 Å². The Balaban J connectivity index is 1.31. The van der Waals surface area contributed by atoms with Crippen LogP contribution in [0.3, 0.4) is 0 Å². The minimum absolute atomic E-state index is 0.0463. The maximum Gasteiger partial charge on any atom is 0.250 e. The summed E-state index contributed by atoms with van der Waals surface area (Å²) in [7, 11) is 0. The van der Waals surface area contributed by atoms with E-state index in [4.69, 9.17) is 9.15 Å². The summed E-state index contributed by atoms with van der Waals surface area (Å²) in [6.45, 7) is 6.75. The summed E-state index contributed by atoms with van der Waals surface area (Å²) >= 11 is 0. The van der Waals surface area contributed by atoms with Crippen LogP contribution >= 0.6 is 0 Å². The van der Waals surface area contributed by atoms with Gasteiger partial charge in [0.2, 0.25) is 5.89 Å². The van der Waals surface area contributed by atoms with Gasteiger partial charge in [-0.3, -0.25) is 9.69 Å². The Morgan fingerprint density at radius 1 is 1.03 bits per heavy atom. The van der Waals surface area contributed by atoms with E-state index in [0.717, 1.165) is 50.7 Å². The lowest BCUT2D eigenvalue weighted by Crippen LogP contribution is -2.39. The zero-order chi connectivity index (χ0) is 24.0. The molecule has 1 N–H and O–H groups in total. The number of ether oxygens (including phenoxy) is 1. The van der Waals surface area contributed by atoms with Gasteiger partial charge in [0.05, 0.1) is 25.0 Å². The minimum atomic E-state index is -0.0463. The fourth-order valence-electron chi connectivity index (χ4n) is 3.97. The lowest BCUT2D eigenvalue weighted by Gasteiger charge is -2.26. The maximum atomic E-state index is 12.4. The Labute approximate surface area is 203 Å². The van der Waals surface area contributed by atoms with Gasteiger partial charge in [0.1, 0.15) is 17.3 Å². The molecule has 1 aliphatic heterocycles. The first kappa shape index (κ1) is 22.9. The number of aromatic nitrogens is 4. The van der Waals surface area contributed by atoms with Crippen LogP contribution in [0.15, 0.2) is 70.3 Å². The average Bonchev–Trinajstić information content (AvgIpc) is 3.40. The summed E-state index contributed by atoms with van der Waals surface area (Å²) in [5.41, 5.74) is 2.55. The van der Waals surface area contributed by atoms with Crippen molar-refractivity contribution < 1.29 is 9.15 Å². The van der Waals surface area contributed by atoms with E-state index in [0.29, 0.717) is 29.7 Å². The smallest absolute Gasteiger partial charge is 0.250 e. The van der Waals surface area contributed by atoms with Gasteiger partial charge in [0.25, 0.3) is 5.56 Å². The second kappa shape index (κ2) is 10.6. The highest BCUT2D eigenvalue weighted by Crippen LogP contribution is 2.26. The molecular weight excluding hydrogens is 444 g/mol. The number of nitrogens with one attached hydrogen (secondary N) is 1. The molecule has 180 valence electrons. The van der Waals surface area contributed by atoms with E-state index in [2.05, 4.69) is 32.1 Å². The van der Waals surface area contributed by atoms with Gasteiger partial charge >= 0.3 is 0 Å². The number of hydrogen-bond donors (Lipinski definition) is 1. The van der Waals surface area contributed by atoms with Crippen molar-refractivity contribution in [3.63, 3.8) is 0 Å². The summed E-state index contributed by atoms with van der Waals surface area (Å²) in [6.07, 6.45) is 6.18. The van der Waals surface area contributed by atoms with Gasteiger partial charge in [-0.1, -0.05) is 13.0 Å².